The number of halogens is 1. The SMILES string of the molecule is Nc1ccc(S(=O)(=O)CCC2CCCC2)c(Br)c1. The Hall–Kier alpha value is -0.550. The van der Waals surface area contributed by atoms with Crippen molar-refractivity contribution < 1.29 is 8.42 Å². The van der Waals surface area contributed by atoms with Crippen LogP contribution in [0.15, 0.2) is 27.6 Å². The maximum atomic E-state index is 12.3. The summed E-state index contributed by atoms with van der Waals surface area (Å²) in [6.45, 7) is 0. The van der Waals surface area contributed by atoms with Crippen molar-refractivity contribution >= 4 is 31.5 Å². The van der Waals surface area contributed by atoms with Gasteiger partial charge in [0.05, 0.1) is 10.6 Å². The van der Waals surface area contributed by atoms with E-state index in [1.54, 1.807) is 18.2 Å². The highest BCUT2D eigenvalue weighted by atomic mass is 79.9. The van der Waals surface area contributed by atoms with Crippen molar-refractivity contribution in [2.24, 2.45) is 5.92 Å². The lowest BCUT2D eigenvalue weighted by molar-refractivity contribution is 0.521. The van der Waals surface area contributed by atoms with Gasteiger partial charge in [0.2, 0.25) is 0 Å². The molecule has 0 radical (unpaired) electrons. The Balaban J connectivity index is 2.09. The van der Waals surface area contributed by atoms with Crippen LogP contribution >= 0.6 is 15.9 Å². The number of sulfone groups is 1. The van der Waals surface area contributed by atoms with Gasteiger partial charge in [-0.1, -0.05) is 25.7 Å². The number of hydrogen-bond acceptors (Lipinski definition) is 3. The molecule has 0 heterocycles. The Morgan fingerprint density at radius 3 is 2.56 bits per heavy atom. The van der Waals surface area contributed by atoms with Crippen molar-refractivity contribution in [3.63, 3.8) is 0 Å². The molecule has 2 rings (SSSR count). The Kier molecular flexibility index (Phi) is 4.33. The molecule has 2 N–H and O–H groups in total. The van der Waals surface area contributed by atoms with Crippen LogP contribution < -0.4 is 5.73 Å². The topological polar surface area (TPSA) is 60.2 Å². The molecule has 0 bridgehead atoms. The number of nitrogen functional groups attached to an aromatic ring is 1. The van der Waals surface area contributed by atoms with E-state index in [1.807, 2.05) is 0 Å². The third-order valence-electron chi connectivity index (χ3n) is 3.56. The Bertz CT molecular complexity index is 522. The lowest BCUT2D eigenvalue weighted by atomic mass is 10.1. The van der Waals surface area contributed by atoms with E-state index in [0.29, 0.717) is 21.0 Å². The second-order valence-corrected chi connectivity index (χ2v) is 7.88. The predicted octanol–water partition coefficient (Wildman–Crippen LogP) is 3.39. The van der Waals surface area contributed by atoms with Crippen LogP contribution in [0.25, 0.3) is 0 Å². The van der Waals surface area contributed by atoms with Gasteiger partial charge in [-0.05, 0) is 46.5 Å². The molecule has 0 amide bonds. The van der Waals surface area contributed by atoms with E-state index in [1.165, 1.54) is 25.7 Å². The zero-order chi connectivity index (χ0) is 13.2. The molecule has 18 heavy (non-hydrogen) atoms. The molecular weight excluding hydrogens is 314 g/mol. The molecule has 1 aliphatic rings. The molecule has 1 fully saturated rings. The van der Waals surface area contributed by atoms with Gasteiger partial charge in [0, 0.05) is 10.2 Å². The maximum Gasteiger partial charge on any atom is 0.179 e. The van der Waals surface area contributed by atoms with Crippen LogP contribution in [-0.4, -0.2) is 14.2 Å². The molecular formula is C13H18BrNO2S. The van der Waals surface area contributed by atoms with Crippen molar-refractivity contribution in [1.29, 1.82) is 0 Å². The summed E-state index contributed by atoms with van der Waals surface area (Å²) in [6, 6.07) is 4.86. The summed E-state index contributed by atoms with van der Waals surface area (Å²) in [5.41, 5.74) is 6.19. The summed E-state index contributed by atoms with van der Waals surface area (Å²) >= 11 is 3.28. The fourth-order valence-corrected chi connectivity index (χ4v) is 5.13. The second-order valence-electron chi connectivity index (χ2n) is 4.95. The fourth-order valence-electron chi connectivity index (χ4n) is 2.50. The molecule has 0 atom stereocenters. The van der Waals surface area contributed by atoms with Gasteiger partial charge in [0.25, 0.3) is 0 Å². The minimum Gasteiger partial charge on any atom is -0.399 e. The standard InChI is InChI=1S/C13H18BrNO2S/c14-12-9-11(15)5-6-13(12)18(16,17)8-7-10-3-1-2-4-10/h5-6,9-10H,1-4,7-8,15H2. The Labute approximate surface area is 117 Å². The number of benzene rings is 1. The highest BCUT2D eigenvalue weighted by molar-refractivity contribution is 9.10. The number of rotatable bonds is 4. The first-order valence-electron chi connectivity index (χ1n) is 6.27. The average molecular weight is 332 g/mol. The van der Waals surface area contributed by atoms with Gasteiger partial charge in [-0.3, -0.25) is 0 Å². The summed E-state index contributed by atoms with van der Waals surface area (Å²) in [6.07, 6.45) is 5.63. The van der Waals surface area contributed by atoms with Gasteiger partial charge in [-0.25, -0.2) is 8.42 Å². The lowest BCUT2D eigenvalue weighted by Gasteiger charge is -2.10. The van der Waals surface area contributed by atoms with Crippen molar-refractivity contribution in [1.82, 2.24) is 0 Å². The smallest absolute Gasteiger partial charge is 0.179 e. The van der Waals surface area contributed by atoms with Gasteiger partial charge in [0.15, 0.2) is 9.84 Å². The van der Waals surface area contributed by atoms with Crippen LogP contribution in [0.5, 0.6) is 0 Å². The molecule has 100 valence electrons. The van der Waals surface area contributed by atoms with E-state index < -0.39 is 9.84 Å². The summed E-state index contributed by atoms with van der Waals surface area (Å²) < 4.78 is 25.1. The largest absolute Gasteiger partial charge is 0.399 e. The van der Waals surface area contributed by atoms with E-state index in [9.17, 15) is 8.42 Å². The first-order valence-corrected chi connectivity index (χ1v) is 8.71. The predicted molar refractivity (Wildman–Crippen MR) is 77.2 cm³/mol. The zero-order valence-electron chi connectivity index (χ0n) is 10.2. The summed E-state index contributed by atoms with van der Waals surface area (Å²) in [7, 11) is -3.20. The van der Waals surface area contributed by atoms with E-state index in [0.717, 1.165) is 6.42 Å². The van der Waals surface area contributed by atoms with Gasteiger partial charge < -0.3 is 5.73 Å². The minimum atomic E-state index is -3.20. The molecule has 0 aliphatic heterocycles. The minimum absolute atomic E-state index is 0.236. The molecule has 0 unspecified atom stereocenters. The van der Waals surface area contributed by atoms with Crippen molar-refractivity contribution in [3.05, 3.63) is 22.7 Å². The van der Waals surface area contributed by atoms with E-state index >= 15 is 0 Å². The van der Waals surface area contributed by atoms with Crippen molar-refractivity contribution in [2.45, 2.75) is 37.0 Å². The van der Waals surface area contributed by atoms with Gasteiger partial charge in [0.1, 0.15) is 0 Å². The molecule has 0 aromatic heterocycles. The molecule has 1 aromatic carbocycles. The third-order valence-corrected chi connectivity index (χ3v) is 6.28. The first-order chi connectivity index (χ1) is 8.49. The highest BCUT2D eigenvalue weighted by Crippen LogP contribution is 2.30. The Morgan fingerprint density at radius 1 is 1.28 bits per heavy atom. The maximum absolute atomic E-state index is 12.3. The quantitative estimate of drug-likeness (QED) is 0.860. The lowest BCUT2D eigenvalue weighted by Crippen LogP contribution is -2.11. The van der Waals surface area contributed by atoms with E-state index in [-0.39, 0.29) is 5.75 Å². The highest BCUT2D eigenvalue weighted by Gasteiger charge is 2.22. The van der Waals surface area contributed by atoms with E-state index in [4.69, 9.17) is 5.73 Å². The van der Waals surface area contributed by atoms with Crippen LogP contribution in [0.1, 0.15) is 32.1 Å². The molecule has 1 aromatic rings. The van der Waals surface area contributed by atoms with Crippen LogP contribution in [0.3, 0.4) is 0 Å². The molecule has 3 nitrogen and oxygen atoms in total. The van der Waals surface area contributed by atoms with Gasteiger partial charge >= 0.3 is 0 Å². The van der Waals surface area contributed by atoms with Crippen LogP contribution in [0.4, 0.5) is 5.69 Å². The normalized spacial score (nSPS) is 17.2. The van der Waals surface area contributed by atoms with Crippen molar-refractivity contribution in [3.8, 4) is 0 Å². The van der Waals surface area contributed by atoms with E-state index in [2.05, 4.69) is 15.9 Å². The molecule has 5 heteroatoms. The van der Waals surface area contributed by atoms with Gasteiger partial charge in [-0.15, -0.1) is 0 Å². The summed E-state index contributed by atoms with van der Waals surface area (Å²) in [5.74, 6) is 0.826. The number of anilines is 1. The fraction of sp³-hybridized carbons (Fsp3) is 0.538. The van der Waals surface area contributed by atoms with Crippen LogP contribution in [-0.2, 0) is 9.84 Å². The molecule has 0 saturated heterocycles. The Morgan fingerprint density at radius 2 is 1.94 bits per heavy atom. The van der Waals surface area contributed by atoms with Gasteiger partial charge in [-0.2, -0.15) is 0 Å². The van der Waals surface area contributed by atoms with Crippen molar-refractivity contribution in [2.75, 3.05) is 11.5 Å². The number of hydrogen-bond donors (Lipinski definition) is 1. The summed E-state index contributed by atoms with van der Waals surface area (Å²) in [5, 5.41) is 0. The monoisotopic (exact) mass is 331 g/mol. The molecule has 0 spiro atoms. The molecule has 1 aliphatic carbocycles. The number of nitrogens with two attached hydrogens (primary N) is 1. The van der Waals surface area contributed by atoms with Crippen LogP contribution in [0, 0.1) is 5.92 Å². The first kappa shape index (κ1) is 13.9. The average Bonchev–Trinajstić information content (AvgIpc) is 2.78. The third kappa shape index (κ3) is 3.26. The summed E-state index contributed by atoms with van der Waals surface area (Å²) in [4.78, 5) is 0.356. The second kappa shape index (κ2) is 5.61. The molecule has 1 saturated carbocycles. The van der Waals surface area contributed by atoms with Crippen LogP contribution in [0.2, 0.25) is 0 Å². The zero-order valence-corrected chi connectivity index (χ0v) is 12.6.